The summed E-state index contributed by atoms with van der Waals surface area (Å²) in [5.74, 6) is 0.0936. The number of aromatic amines is 1. The lowest BCUT2D eigenvalue weighted by Crippen LogP contribution is -2.13. The van der Waals surface area contributed by atoms with Crippen molar-refractivity contribution in [1.82, 2.24) is 20.2 Å². The minimum absolute atomic E-state index is 0.0936. The van der Waals surface area contributed by atoms with E-state index in [1.54, 1.807) is 19.3 Å². The van der Waals surface area contributed by atoms with Crippen LogP contribution in [0.4, 0.5) is 0 Å². The Morgan fingerprint density at radius 1 is 0.971 bits per heavy atom. The number of carbonyl (C=O) groups excluding carboxylic acids is 1. The van der Waals surface area contributed by atoms with Crippen molar-refractivity contribution >= 4 is 27.6 Å². The molecule has 6 heteroatoms. The lowest BCUT2D eigenvalue weighted by atomic mass is 9.86. The molecular weight excluding hydrogens is 422 g/mol. The number of benzene rings is 2. The van der Waals surface area contributed by atoms with Crippen molar-refractivity contribution in [3.8, 4) is 28.5 Å². The molecule has 0 saturated carbocycles. The Morgan fingerprint density at radius 2 is 1.71 bits per heavy atom. The lowest BCUT2D eigenvalue weighted by Gasteiger charge is -2.15. The van der Waals surface area contributed by atoms with E-state index in [4.69, 9.17) is 0 Å². The maximum Gasteiger partial charge on any atom is 0.135 e. The quantitative estimate of drug-likeness (QED) is 0.370. The van der Waals surface area contributed by atoms with Gasteiger partial charge in [-0.3, -0.25) is 19.9 Å². The fourth-order valence-corrected chi connectivity index (χ4v) is 4.16. The number of aromatic nitrogens is 4. The SMILES string of the molecule is CC(=O)Cc1ccc(-c2ccc3ncc4[nH]nc(-c5ccc(C(C)(C)C#N)cc5)c4c3c2)cn1. The molecule has 2 aromatic carbocycles. The predicted octanol–water partition coefficient (Wildman–Crippen LogP) is 5.77. The number of nitrogens with zero attached hydrogens (tertiary/aromatic N) is 4. The fraction of sp³-hybridized carbons (Fsp3) is 0.179. The molecule has 166 valence electrons. The number of hydrogen-bond acceptors (Lipinski definition) is 5. The highest BCUT2D eigenvalue weighted by Crippen LogP contribution is 2.35. The van der Waals surface area contributed by atoms with Gasteiger partial charge in [0.2, 0.25) is 0 Å². The van der Waals surface area contributed by atoms with E-state index in [9.17, 15) is 10.1 Å². The normalized spacial score (nSPS) is 11.6. The number of hydrogen-bond donors (Lipinski definition) is 1. The lowest BCUT2D eigenvalue weighted by molar-refractivity contribution is -0.116. The average molecular weight is 446 g/mol. The summed E-state index contributed by atoms with van der Waals surface area (Å²) in [6.07, 6.45) is 3.95. The van der Waals surface area contributed by atoms with Crippen LogP contribution >= 0.6 is 0 Å². The first kappa shape index (κ1) is 21.5. The van der Waals surface area contributed by atoms with Gasteiger partial charge in [-0.25, -0.2) is 0 Å². The predicted molar refractivity (Wildman–Crippen MR) is 133 cm³/mol. The molecule has 0 saturated heterocycles. The molecule has 3 aromatic heterocycles. The Labute approximate surface area is 197 Å². The molecule has 0 spiro atoms. The number of Topliss-reactive ketones (excluding diaryl/α,β-unsaturated/α-hetero) is 1. The van der Waals surface area contributed by atoms with Crippen molar-refractivity contribution < 1.29 is 4.79 Å². The van der Waals surface area contributed by atoms with E-state index in [1.807, 2.05) is 62.4 Å². The van der Waals surface area contributed by atoms with Gasteiger partial charge in [0, 0.05) is 40.2 Å². The molecular formula is C28H23N5O. The number of nitriles is 1. The van der Waals surface area contributed by atoms with Gasteiger partial charge in [-0.2, -0.15) is 10.4 Å². The summed E-state index contributed by atoms with van der Waals surface area (Å²) in [6, 6.07) is 20.4. The second-order valence-electron chi connectivity index (χ2n) is 9.08. The topological polar surface area (TPSA) is 95.3 Å². The molecule has 0 bridgehead atoms. The molecule has 0 unspecified atom stereocenters. The summed E-state index contributed by atoms with van der Waals surface area (Å²) in [4.78, 5) is 20.4. The summed E-state index contributed by atoms with van der Waals surface area (Å²) in [6.45, 7) is 5.39. The van der Waals surface area contributed by atoms with Crippen LogP contribution in [0.5, 0.6) is 0 Å². The third kappa shape index (κ3) is 3.82. The molecule has 0 atom stereocenters. The van der Waals surface area contributed by atoms with Crippen molar-refractivity contribution in [3.05, 3.63) is 78.2 Å². The monoisotopic (exact) mass is 445 g/mol. The van der Waals surface area contributed by atoms with E-state index >= 15 is 0 Å². The van der Waals surface area contributed by atoms with E-state index in [-0.39, 0.29) is 5.78 Å². The second-order valence-corrected chi connectivity index (χ2v) is 9.08. The van der Waals surface area contributed by atoms with Gasteiger partial charge in [-0.05, 0) is 50.1 Å². The van der Waals surface area contributed by atoms with Gasteiger partial charge >= 0.3 is 0 Å². The summed E-state index contributed by atoms with van der Waals surface area (Å²) >= 11 is 0. The highest BCUT2D eigenvalue weighted by atomic mass is 16.1. The third-order valence-corrected chi connectivity index (χ3v) is 6.14. The highest BCUT2D eigenvalue weighted by molar-refractivity contribution is 6.11. The first-order valence-corrected chi connectivity index (χ1v) is 11.1. The first-order chi connectivity index (χ1) is 16.4. The highest BCUT2D eigenvalue weighted by Gasteiger charge is 2.20. The van der Waals surface area contributed by atoms with Crippen molar-refractivity contribution in [1.29, 1.82) is 5.26 Å². The van der Waals surface area contributed by atoms with Gasteiger partial charge in [0.05, 0.1) is 28.7 Å². The number of fused-ring (bicyclic) bond motifs is 3. The van der Waals surface area contributed by atoms with Crippen LogP contribution in [0.25, 0.3) is 44.2 Å². The number of ketones is 1. The molecule has 0 amide bonds. The molecule has 0 aliphatic rings. The first-order valence-electron chi connectivity index (χ1n) is 11.1. The number of rotatable bonds is 5. The van der Waals surface area contributed by atoms with Crippen LogP contribution in [-0.2, 0) is 16.6 Å². The van der Waals surface area contributed by atoms with E-state index < -0.39 is 5.41 Å². The minimum Gasteiger partial charge on any atom is -0.300 e. The largest absolute Gasteiger partial charge is 0.300 e. The van der Waals surface area contributed by atoms with Crippen LogP contribution in [0.1, 0.15) is 32.0 Å². The van der Waals surface area contributed by atoms with Crippen LogP contribution < -0.4 is 0 Å². The number of pyridine rings is 2. The third-order valence-electron chi connectivity index (χ3n) is 6.14. The molecule has 0 fully saturated rings. The maximum absolute atomic E-state index is 11.4. The van der Waals surface area contributed by atoms with Gasteiger partial charge < -0.3 is 0 Å². The van der Waals surface area contributed by atoms with Crippen LogP contribution in [0.2, 0.25) is 0 Å². The number of H-pyrrole nitrogens is 1. The van der Waals surface area contributed by atoms with Gasteiger partial charge in [0.15, 0.2) is 0 Å². The van der Waals surface area contributed by atoms with Crippen LogP contribution in [-0.4, -0.2) is 25.9 Å². The Morgan fingerprint density at radius 3 is 2.38 bits per heavy atom. The molecule has 0 aliphatic heterocycles. The molecule has 6 nitrogen and oxygen atoms in total. The Bertz CT molecular complexity index is 1570. The van der Waals surface area contributed by atoms with Gasteiger partial charge in [-0.1, -0.05) is 36.4 Å². The zero-order valence-corrected chi connectivity index (χ0v) is 19.3. The van der Waals surface area contributed by atoms with Crippen molar-refractivity contribution in [2.75, 3.05) is 0 Å². The van der Waals surface area contributed by atoms with Gasteiger partial charge in [-0.15, -0.1) is 0 Å². The van der Waals surface area contributed by atoms with E-state index in [0.717, 1.165) is 55.4 Å². The Balaban J connectivity index is 1.61. The Hall–Kier alpha value is -4.37. The molecule has 1 N–H and O–H groups in total. The molecule has 3 heterocycles. The number of carbonyl (C=O) groups is 1. The summed E-state index contributed by atoms with van der Waals surface area (Å²) < 4.78 is 0. The molecule has 5 rings (SSSR count). The smallest absolute Gasteiger partial charge is 0.135 e. The molecule has 0 radical (unpaired) electrons. The molecule has 34 heavy (non-hydrogen) atoms. The van der Waals surface area contributed by atoms with Crippen LogP contribution in [0.15, 0.2) is 67.0 Å². The van der Waals surface area contributed by atoms with Crippen molar-refractivity contribution in [3.63, 3.8) is 0 Å². The summed E-state index contributed by atoms with van der Waals surface area (Å²) in [5, 5.41) is 19.1. The molecule has 5 aromatic rings. The van der Waals surface area contributed by atoms with Gasteiger partial charge in [0.1, 0.15) is 11.5 Å². The zero-order valence-electron chi connectivity index (χ0n) is 19.3. The van der Waals surface area contributed by atoms with Crippen LogP contribution in [0, 0.1) is 11.3 Å². The van der Waals surface area contributed by atoms with Crippen molar-refractivity contribution in [2.45, 2.75) is 32.6 Å². The van der Waals surface area contributed by atoms with Gasteiger partial charge in [0.25, 0.3) is 0 Å². The second kappa shape index (κ2) is 8.20. The standard InChI is InChI=1S/C28H23N5O/c1-17(34)12-22-10-6-20(14-30-22)19-7-11-24-23(13-19)26-25(15-31-24)32-33-27(26)18-4-8-21(9-5-18)28(2,3)16-29/h4-11,13-15H,12H2,1-3H3,(H,32,33). The maximum atomic E-state index is 11.4. The van der Waals surface area contributed by atoms with E-state index in [1.165, 1.54) is 0 Å². The molecule has 0 aliphatic carbocycles. The number of nitrogens with one attached hydrogen (secondary N) is 1. The average Bonchev–Trinajstić information content (AvgIpc) is 3.29. The minimum atomic E-state index is -0.550. The zero-order chi connectivity index (χ0) is 23.9. The summed E-state index contributed by atoms with van der Waals surface area (Å²) in [7, 11) is 0. The van der Waals surface area contributed by atoms with E-state index in [2.05, 4.69) is 32.3 Å². The fourth-order valence-electron chi connectivity index (χ4n) is 4.16. The van der Waals surface area contributed by atoms with Crippen molar-refractivity contribution in [2.24, 2.45) is 0 Å². The summed E-state index contributed by atoms with van der Waals surface area (Å²) in [5.41, 5.74) is 6.72. The van der Waals surface area contributed by atoms with E-state index in [0.29, 0.717) is 6.42 Å². The van der Waals surface area contributed by atoms with Crippen LogP contribution in [0.3, 0.4) is 0 Å². The Kier molecular flexibility index (Phi) is 5.18.